The van der Waals surface area contributed by atoms with Gasteiger partial charge in [0.1, 0.15) is 5.75 Å². The average Bonchev–Trinajstić information content (AvgIpc) is 2.77. The van der Waals surface area contributed by atoms with Crippen LogP contribution in [0.5, 0.6) is 5.75 Å². The molecule has 1 aromatic heterocycles. The van der Waals surface area contributed by atoms with Gasteiger partial charge in [-0.25, -0.2) is 9.78 Å². The van der Waals surface area contributed by atoms with Gasteiger partial charge in [-0.15, -0.1) is 0 Å². The second-order valence-electron chi connectivity index (χ2n) is 7.09. The minimum Gasteiger partial charge on any atom is -0.491 e. The summed E-state index contributed by atoms with van der Waals surface area (Å²) in [6.07, 6.45) is 4.14. The summed E-state index contributed by atoms with van der Waals surface area (Å²) < 4.78 is 5.79. The third-order valence-electron chi connectivity index (χ3n) is 4.66. The van der Waals surface area contributed by atoms with E-state index in [2.05, 4.69) is 44.7 Å². The van der Waals surface area contributed by atoms with Gasteiger partial charge in [-0.1, -0.05) is 25.4 Å². The van der Waals surface area contributed by atoms with Gasteiger partial charge in [-0.05, 0) is 44.6 Å². The van der Waals surface area contributed by atoms with Gasteiger partial charge in [-0.3, -0.25) is 15.1 Å². The number of nitrogens with one attached hydrogen (secondary N) is 3. The molecule has 9 nitrogen and oxygen atoms in total. The lowest BCUT2D eigenvalue weighted by Crippen LogP contribution is -2.31. The molecule has 0 fully saturated rings. The largest absolute Gasteiger partial charge is 0.491 e. The number of benzene rings is 1. The molecule has 1 heterocycles. The van der Waals surface area contributed by atoms with Crippen LogP contribution >= 0.6 is 11.6 Å². The number of hydrogen-bond donors (Lipinski definition) is 3. The minimum atomic E-state index is -0.490. The Morgan fingerprint density at radius 3 is 2.59 bits per heavy atom. The molecule has 174 valence electrons. The Bertz CT molecular complexity index is 874. The van der Waals surface area contributed by atoms with Crippen molar-refractivity contribution in [2.24, 2.45) is 0 Å². The molecule has 0 saturated heterocycles. The summed E-state index contributed by atoms with van der Waals surface area (Å²) in [7, 11) is 0. The highest BCUT2D eigenvalue weighted by atomic mass is 35.5. The van der Waals surface area contributed by atoms with Gasteiger partial charge in [0.2, 0.25) is 5.91 Å². The Kier molecular flexibility index (Phi) is 10.7. The first-order valence-electron chi connectivity index (χ1n) is 10.7. The number of carbonyl (C=O) groups excluding carboxylic acids is 2. The predicted octanol–water partition coefficient (Wildman–Crippen LogP) is 3.70. The fourth-order valence-electron chi connectivity index (χ4n) is 2.82. The van der Waals surface area contributed by atoms with E-state index in [4.69, 9.17) is 16.3 Å². The van der Waals surface area contributed by atoms with Crippen molar-refractivity contribution in [3.8, 4) is 5.75 Å². The number of halogens is 1. The van der Waals surface area contributed by atoms with Crippen LogP contribution in [0, 0.1) is 6.92 Å². The zero-order valence-electron chi connectivity index (χ0n) is 18.8. The second-order valence-corrected chi connectivity index (χ2v) is 7.53. The van der Waals surface area contributed by atoms with E-state index in [1.54, 1.807) is 24.4 Å². The van der Waals surface area contributed by atoms with Gasteiger partial charge >= 0.3 is 6.03 Å². The van der Waals surface area contributed by atoms with E-state index in [9.17, 15) is 9.59 Å². The Balaban J connectivity index is 1.78. The van der Waals surface area contributed by atoms with Crippen molar-refractivity contribution in [1.29, 1.82) is 0 Å². The molecule has 3 amide bonds. The molecule has 0 aliphatic carbocycles. The molecule has 0 spiro atoms. The molecule has 0 saturated carbocycles. The Hall–Kier alpha value is -2.91. The summed E-state index contributed by atoms with van der Waals surface area (Å²) in [6, 6.07) is 4.48. The molecule has 32 heavy (non-hydrogen) atoms. The van der Waals surface area contributed by atoms with Crippen LogP contribution in [0.2, 0.25) is 5.02 Å². The Morgan fingerprint density at radius 2 is 1.91 bits per heavy atom. The lowest BCUT2D eigenvalue weighted by molar-refractivity contribution is -0.121. The Morgan fingerprint density at radius 1 is 1.12 bits per heavy atom. The van der Waals surface area contributed by atoms with Crippen LogP contribution in [-0.2, 0) is 4.79 Å². The molecule has 1 aromatic carbocycles. The number of anilines is 2. The quantitative estimate of drug-likeness (QED) is 0.415. The minimum absolute atomic E-state index is 0.0293. The summed E-state index contributed by atoms with van der Waals surface area (Å²) >= 11 is 6.07. The predicted molar refractivity (Wildman–Crippen MR) is 126 cm³/mol. The van der Waals surface area contributed by atoms with Crippen molar-refractivity contribution >= 4 is 35.0 Å². The normalized spacial score (nSPS) is 10.7. The van der Waals surface area contributed by atoms with E-state index in [0.29, 0.717) is 48.3 Å². The van der Waals surface area contributed by atoms with E-state index in [0.717, 1.165) is 25.3 Å². The van der Waals surface area contributed by atoms with E-state index in [1.165, 1.54) is 6.20 Å². The maximum Gasteiger partial charge on any atom is 0.325 e. The maximum atomic E-state index is 12.3. The summed E-state index contributed by atoms with van der Waals surface area (Å²) in [6.45, 7) is 9.49. The molecule has 3 N–H and O–H groups in total. The van der Waals surface area contributed by atoms with E-state index in [1.807, 2.05) is 6.92 Å². The number of ether oxygens (including phenoxy) is 1. The van der Waals surface area contributed by atoms with Crippen LogP contribution in [0.1, 0.15) is 32.4 Å². The molecule has 0 unspecified atom stereocenters. The standard InChI is InChI=1S/C22H31ClN6O3/c1-4-29(5-2)11-9-21(30)24-10-6-12-32-19-8-7-17(23)13-18(19)27-22(31)28-20-15-25-16(3)14-26-20/h7-8,13-15H,4-6,9-12H2,1-3H3,(H,24,30)(H2,26,27,28,31). The molecule has 2 rings (SSSR count). The number of aryl methyl sites for hydroxylation is 1. The lowest BCUT2D eigenvalue weighted by atomic mass is 10.3. The highest BCUT2D eigenvalue weighted by molar-refractivity contribution is 6.31. The molecule has 0 aliphatic heterocycles. The van der Waals surface area contributed by atoms with Gasteiger partial charge in [0.05, 0.1) is 30.4 Å². The van der Waals surface area contributed by atoms with Crippen LogP contribution < -0.4 is 20.7 Å². The number of rotatable bonds is 12. The van der Waals surface area contributed by atoms with Gasteiger partial charge in [0.25, 0.3) is 0 Å². The summed E-state index contributed by atoms with van der Waals surface area (Å²) in [5.41, 5.74) is 1.18. The van der Waals surface area contributed by atoms with Gasteiger partial charge < -0.3 is 20.3 Å². The number of nitrogens with zero attached hydrogens (tertiary/aromatic N) is 3. The fourth-order valence-corrected chi connectivity index (χ4v) is 2.99. The molecule has 10 heteroatoms. The van der Waals surface area contributed by atoms with Crippen molar-refractivity contribution in [3.05, 3.63) is 41.3 Å². The molecule has 0 bridgehead atoms. The molecule has 0 atom stereocenters. The van der Waals surface area contributed by atoms with E-state index < -0.39 is 6.03 Å². The van der Waals surface area contributed by atoms with Crippen LogP contribution in [0.25, 0.3) is 0 Å². The summed E-state index contributed by atoms with van der Waals surface area (Å²) in [5.74, 6) is 0.836. The zero-order valence-corrected chi connectivity index (χ0v) is 19.5. The first-order valence-corrected chi connectivity index (χ1v) is 11.1. The second kappa shape index (κ2) is 13.5. The number of aromatic nitrogens is 2. The zero-order chi connectivity index (χ0) is 23.3. The van der Waals surface area contributed by atoms with Crippen molar-refractivity contribution in [2.75, 3.05) is 43.4 Å². The first kappa shape index (κ1) is 25.4. The smallest absolute Gasteiger partial charge is 0.325 e. The Labute approximate surface area is 193 Å². The highest BCUT2D eigenvalue weighted by Gasteiger charge is 2.10. The van der Waals surface area contributed by atoms with E-state index >= 15 is 0 Å². The fraction of sp³-hybridized carbons (Fsp3) is 0.455. The van der Waals surface area contributed by atoms with Gasteiger partial charge in [0, 0.05) is 24.5 Å². The molecule has 0 radical (unpaired) electrons. The van der Waals surface area contributed by atoms with Crippen LogP contribution in [-0.4, -0.2) is 59.6 Å². The first-order chi connectivity index (χ1) is 15.4. The monoisotopic (exact) mass is 462 g/mol. The topological polar surface area (TPSA) is 108 Å². The average molecular weight is 463 g/mol. The maximum absolute atomic E-state index is 12.3. The number of urea groups is 1. The van der Waals surface area contributed by atoms with Crippen LogP contribution in [0.4, 0.5) is 16.3 Å². The molecular formula is C22H31ClN6O3. The molecular weight excluding hydrogens is 432 g/mol. The van der Waals surface area contributed by atoms with Gasteiger partial charge in [0.15, 0.2) is 5.82 Å². The third-order valence-corrected chi connectivity index (χ3v) is 4.90. The number of carbonyl (C=O) groups is 2. The molecule has 2 aromatic rings. The van der Waals surface area contributed by atoms with Crippen molar-refractivity contribution < 1.29 is 14.3 Å². The highest BCUT2D eigenvalue weighted by Crippen LogP contribution is 2.28. The van der Waals surface area contributed by atoms with Crippen LogP contribution in [0.3, 0.4) is 0 Å². The van der Waals surface area contributed by atoms with Crippen molar-refractivity contribution in [1.82, 2.24) is 20.2 Å². The van der Waals surface area contributed by atoms with Crippen molar-refractivity contribution in [3.63, 3.8) is 0 Å². The number of amides is 3. The van der Waals surface area contributed by atoms with Crippen LogP contribution in [0.15, 0.2) is 30.6 Å². The number of hydrogen-bond acceptors (Lipinski definition) is 6. The summed E-state index contributed by atoms with van der Waals surface area (Å²) in [4.78, 5) is 34.6. The SMILES string of the molecule is CCN(CC)CCC(=O)NCCCOc1ccc(Cl)cc1NC(=O)Nc1cnc(C)cn1. The van der Waals surface area contributed by atoms with Crippen molar-refractivity contribution in [2.45, 2.75) is 33.6 Å². The summed E-state index contributed by atoms with van der Waals surface area (Å²) in [5, 5.41) is 8.68. The third kappa shape index (κ3) is 9.07. The van der Waals surface area contributed by atoms with Gasteiger partial charge in [-0.2, -0.15) is 0 Å². The molecule has 0 aliphatic rings. The van der Waals surface area contributed by atoms with E-state index in [-0.39, 0.29) is 5.91 Å². The lowest BCUT2D eigenvalue weighted by Gasteiger charge is -2.17.